The molecule has 4 rings (SSSR count). The van der Waals surface area contributed by atoms with E-state index in [1.807, 2.05) is 58.0 Å². The predicted molar refractivity (Wildman–Crippen MR) is 172 cm³/mol. The number of carbonyl (C=O) groups is 5. The average Bonchev–Trinajstić information content (AvgIpc) is 2.96. The summed E-state index contributed by atoms with van der Waals surface area (Å²) < 4.78 is 30.1. The van der Waals surface area contributed by atoms with Gasteiger partial charge in [0, 0.05) is 51.0 Å². The predicted octanol–water partition coefficient (Wildman–Crippen LogP) is 5.69. The Hall–Kier alpha value is -4.21. The monoisotopic (exact) mass is 650 g/mol. The van der Waals surface area contributed by atoms with E-state index in [9.17, 15) is 24.0 Å². The maximum absolute atomic E-state index is 13.1. The molecule has 0 spiro atoms. The minimum atomic E-state index is -1.06. The normalized spacial score (nSPS) is 31.5. The van der Waals surface area contributed by atoms with Crippen molar-refractivity contribution in [2.45, 2.75) is 105 Å². The Morgan fingerprint density at radius 3 is 1.98 bits per heavy atom. The first-order valence-corrected chi connectivity index (χ1v) is 16.0. The summed E-state index contributed by atoms with van der Waals surface area (Å²) in [4.78, 5) is 63.7. The van der Waals surface area contributed by atoms with Gasteiger partial charge in [-0.2, -0.15) is 0 Å². The molecule has 0 aromatic heterocycles. The Labute approximate surface area is 276 Å². The fraction of sp³-hybridized carbons (Fsp3) is 0.541. The van der Waals surface area contributed by atoms with Gasteiger partial charge in [0.2, 0.25) is 0 Å². The van der Waals surface area contributed by atoms with Crippen molar-refractivity contribution in [1.82, 2.24) is 0 Å². The Morgan fingerprint density at radius 2 is 1.40 bits per heavy atom. The third-order valence-electron chi connectivity index (χ3n) is 10.1. The van der Waals surface area contributed by atoms with Gasteiger partial charge in [-0.1, -0.05) is 57.7 Å². The molecule has 2 saturated carbocycles. The number of rotatable bonds is 7. The molecule has 3 aliphatic carbocycles. The average molecular weight is 651 g/mol. The maximum Gasteiger partial charge on any atom is 0.331 e. The molecule has 10 nitrogen and oxygen atoms in total. The van der Waals surface area contributed by atoms with Gasteiger partial charge in [0.1, 0.15) is 24.4 Å². The van der Waals surface area contributed by atoms with Gasteiger partial charge in [0.05, 0.1) is 0 Å². The summed E-state index contributed by atoms with van der Waals surface area (Å²) in [5.41, 5.74) is 0.822. The second kappa shape index (κ2) is 13.9. The van der Waals surface area contributed by atoms with Crippen molar-refractivity contribution >= 4 is 35.9 Å². The lowest BCUT2D eigenvalue weighted by atomic mass is 9.49. The Bertz CT molecular complexity index is 1490. The molecule has 1 aromatic rings. The van der Waals surface area contributed by atoms with Gasteiger partial charge >= 0.3 is 29.8 Å². The van der Waals surface area contributed by atoms with Crippen molar-refractivity contribution in [3.8, 4) is 0 Å². The lowest BCUT2D eigenvalue weighted by Crippen LogP contribution is -2.64. The van der Waals surface area contributed by atoms with Crippen molar-refractivity contribution in [2.75, 3.05) is 0 Å². The highest BCUT2D eigenvalue weighted by molar-refractivity contribution is 5.87. The van der Waals surface area contributed by atoms with E-state index in [4.69, 9.17) is 23.7 Å². The summed E-state index contributed by atoms with van der Waals surface area (Å²) in [6, 6.07) is 9.33. The number of benzene rings is 1. The van der Waals surface area contributed by atoms with Crippen LogP contribution in [0.2, 0.25) is 0 Å². The summed E-state index contributed by atoms with van der Waals surface area (Å²) in [7, 11) is 0. The zero-order chi connectivity index (χ0) is 34.8. The van der Waals surface area contributed by atoms with Crippen LogP contribution in [0.5, 0.6) is 0 Å². The molecule has 47 heavy (non-hydrogen) atoms. The molecular formula is C37H46O10. The molecule has 0 aliphatic heterocycles. The van der Waals surface area contributed by atoms with Crippen molar-refractivity contribution in [3.63, 3.8) is 0 Å². The minimum absolute atomic E-state index is 0.301. The van der Waals surface area contributed by atoms with Crippen LogP contribution in [0.3, 0.4) is 0 Å². The van der Waals surface area contributed by atoms with Gasteiger partial charge in [0.15, 0.2) is 6.10 Å². The van der Waals surface area contributed by atoms with E-state index >= 15 is 0 Å². The zero-order valence-corrected chi connectivity index (χ0v) is 28.5. The third kappa shape index (κ3) is 7.36. The highest BCUT2D eigenvalue weighted by Crippen LogP contribution is 2.61. The Morgan fingerprint density at radius 1 is 0.809 bits per heavy atom. The van der Waals surface area contributed by atoms with Crippen molar-refractivity contribution in [3.05, 3.63) is 65.3 Å². The molecule has 8 atom stereocenters. The highest BCUT2D eigenvalue weighted by atomic mass is 16.6. The standard InChI is InChI=1S/C37H46O10/c1-20-28(47-30(42)16-15-26-13-11-10-12-14-26)17-18-37(9)32(20)33(44-23(4)39)27-19-29(43-22(3)38)21(2)31(36(27,7)8)34(45-24(5)40)35(37)46-25(6)41/h10-16,27-29,32-35H,1,17-19H2,2-9H3/b16-15+/t27?,28-,29-,32-,33+,34+,35-,37+/m0/s1. The summed E-state index contributed by atoms with van der Waals surface area (Å²) >= 11 is 0. The van der Waals surface area contributed by atoms with Crippen molar-refractivity contribution in [2.24, 2.45) is 22.7 Å². The Balaban J connectivity index is 1.90. The lowest BCUT2D eigenvalue weighted by molar-refractivity contribution is -0.204. The number of hydrogen-bond donors (Lipinski definition) is 0. The molecule has 0 radical (unpaired) electrons. The first-order chi connectivity index (χ1) is 22.0. The smallest absolute Gasteiger partial charge is 0.331 e. The molecule has 3 aliphatic rings. The quantitative estimate of drug-likeness (QED) is 0.157. The molecule has 254 valence electrons. The van der Waals surface area contributed by atoms with Gasteiger partial charge < -0.3 is 23.7 Å². The van der Waals surface area contributed by atoms with Crippen molar-refractivity contribution < 1.29 is 47.7 Å². The third-order valence-corrected chi connectivity index (χ3v) is 10.1. The number of carbonyl (C=O) groups excluding carboxylic acids is 5. The molecular weight excluding hydrogens is 604 g/mol. The van der Waals surface area contributed by atoms with Crippen LogP contribution < -0.4 is 0 Å². The van der Waals surface area contributed by atoms with E-state index in [2.05, 4.69) is 6.58 Å². The van der Waals surface area contributed by atoms with Crippen LogP contribution >= 0.6 is 0 Å². The molecule has 10 heteroatoms. The van der Waals surface area contributed by atoms with Crippen LogP contribution in [-0.2, 0) is 47.7 Å². The van der Waals surface area contributed by atoms with Crippen LogP contribution in [0.1, 0.15) is 80.2 Å². The van der Waals surface area contributed by atoms with E-state index < -0.39 is 83.0 Å². The number of esters is 5. The molecule has 1 unspecified atom stereocenters. The highest BCUT2D eigenvalue weighted by Gasteiger charge is 2.64. The van der Waals surface area contributed by atoms with Gasteiger partial charge in [-0.15, -0.1) is 0 Å². The number of hydrogen-bond acceptors (Lipinski definition) is 10. The summed E-state index contributed by atoms with van der Waals surface area (Å²) in [6.45, 7) is 17.3. The molecule has 0 saturated heterocycles. The summed E-state index contributed by atoms with van der Waals surface area (Å²) in [6.07, 6.45) is -0.472. The Kier molecular flexibility index (Phi) is 10.5. The molecule has 0 heterocycles. The van der Waals surface area contributed by atoms with E-state index in [-0.39, 0.29) is 0 Å². The lowest BCUT2D eigenvalue weighted by Gasteiger charge is -2.60. The van der Waals surface area contributed by atoms with Crippen LogP contribution in [0.15, 0.2) is 59.7 Å². The van der Waals surface area contributed by atoms with Crippen LogP contribution in [0.4, 0.5) is 0 Å². The fourth-order valence-corrected chi connectivity index (χ4v) is 8.16. The van der Waals surface area contributed by atoms with Gasteiger partial charge in [-0.25, -0.2) is 4.79 Å². The summed E-state index contributed by atoms with van der Waals surface area (Å²) in [5.74, 6) is -3.98. The first-order valence-electron chi connectivity index (χ1n) is 16.0. The zero-order valence-electron chi connectivity index (χ0n) is 28.5. The molecule has 1 aromatic carbocycles. The van der Waals surface area contributed by atoms with Crippen LogP contribution in [-0.4, -0.2) is 60.4 Å². The minimum Gasteiger partial charge on any atom is -0.462 e. The molecule has 0 N–H and O–H groups in total. The maximum atomic E-state index is 13.1. The van der Waals surface area contributed by atoms with Crippen molar-refractivity contribution in [1.29, 1.82) is 0 Å². The summed E-state index contributed by atoms with van der Waals surface area (Å²) in [5, 5.41) is 0. The van der Waals surface area contributed by atoms with E-state index in [1.54, 1.807) is 6.08 Å². The van der Waals surface area contributed by atoms with Gasteiger partial charge in [-0.3, -0.25) is 19.2 Å². The SMILES string of the molecule is C=C1[C@@H](OC(=O)/C=C/c2ccccc2)CC[C@@]2(C)[C@@H](OC(C)=O)[C@H](OC(C)=O)C3=C(C)[C@@H](OC(C)=O)CC([C@@H](OC(C)=O)[C@H]12)C3(C)C. The molecule has 2 bridgehead atoms. The molecule has 2 fully saturated rings. The van der Waals surface area contributed by atoms with E-state index in [1.165, 1.54) is 33.8 Å². The fourth-order valence-electron chi connectivity index (χ4n) is 8.16. The number of fused-ring (bicyclic) bond motifs is 3. The largest absolute Gasteiger partial charge is 0.462 e. The first kappa shape index (κ1) is 35.6. The second-order valence-corrected chi connectivity index (χ2v) is 13.7. The number of ether oxygens (including phenoxy) is 5. The van der Waals surface area contributed by atoms with Crippen LogP contribution in [0.25, 0.3) is 6.08 Å². The van der Waals surface area contributed by atoms with E-state index in [0.717, 1.165) is 5.56 Å². The van der Waals surface area contributed by atoms with Crippen LogP contribution in [0, 0.1) is 22.7 Å². The topological polar surface area (TPSA) is 132 Å². The van der Waals surface area contributed by atoms with Gasteiger partial charge in [0.25, 0.3) is 0 Å². The van der Waals surface area contributed by atoms with E-state index in [0.29, 0.717) is 36.0 Å². The molecule has 0 amide bonds. The second-order valence-electron chi connectivity index (χ2n) is 13.7. The van der Waals surface area contributed by atoms with Gasteiger partial charge in [-0.05, 0) is 60.0 Å².